The lowest BCUT2D eigenvalue weighted by molar-refractivity contribution is 0.584. The van der Waals surface area contributed by atoms with Crippen molar-refractivity contribution < 1.29 is 4.42 Å². The number of nitrogens with zero attached hydrogens (tertiary/aromatic N) is 1. The summed E-state index contributed by atoms with van der Waals surface area (Å²) < 4.78 is 9.14. The zero-order chi connectivity index (χ0) is 35.8. The first-order valence-electron chi connectivity index (χ1n) is 18.7. The molecular weight excluding hydrogens is 675 g/mol. The minimum Gasteiger partial charge on any atom is -0.456 e. The SMILES string of the molecule is CC1C=Cc2oc3cccc(N(c4ccc(-c5cc6ccccc6c6ccccc56)cc4)c4cccc(-c5ccc6c(c5)sc5ccccc56)c4)c3c2C1. The van der Waals surface area contributed by atoms with Crippen LogP contribution in [0.1, 0.15) is 18.2 Å². The molecule has 54 heavy (non-hydrogen) atoms. The number of rotatable bonds is 5. The van der Waals surface area contributed by atoms with Gasteiger partial charge >= 0.3 is 0 Å². The number of benzene rings is 8. The number of hydrogen-bond donors (Lipinski definition) is 0. The number of thiophene rings is 1. The molecule has 256 valence electrons. The molecule has 10 aromatic rings. The fraction of sp³-hybridized carbons (Fsp3) is 0.0588. The highest BCUT2D eigenvalue weighted by Gasteiger charge is 2.24. The summed E-state index contributed by atoms with van der Waals surface area (Å²) in [7, 11) is 0. The minimum atomic E-state index is 0.447. The van der Waals surface area contributed by atoms with Gasteiger partial charge in [0.25, 0.3) is 0 Å². The molecule has 11 rings (SSSR count). The Balaban J connectivity index is 1.08. The van der Waals surface area contributed by atoms with Crippen molar-refractivity contribution in [3.05, 3.63) is 181 Å². The average molecular weight is 710 g/mol. The predicted molar refractivity (Wildman–Crippen MR) is 232 cm³/mol. The van der Waals surface area contributed by atoms with Crippen LogP contribution in [0.15, 0.2) is 174 Å². The molecule has 0 amide bonds. The molecular formula is C51H35NOS. The molecule has 0 fully saturated rings. The molecule has 1 aliphatic carbocycles. The van der Waals surface area contributed by atoms with E-state index in [9.17, 15) is 0 Å². The maximum absolute atomic E-state index is 6.50. The van der Waals surface area contributed by atoms with Crippen molar-refractivity contribution in [2.24, 2.45) is 5.92 Å². The Morgan fingerprint density at radius 3 is 2.17 bits per heavy atom. The van der Waals surface area contributed by atoms with Gasteiger partial charge in [-0.25, -0.2) is 0 Å². The first kappa shape index (κ1) is 31.1. The second-order valence-corrected chi connectivity index (χ2v) is 15.7. The van der Waals surface area contributed by atoms with Crippen LogP contribution >= 0.6 is 11.3 Å². The van der Waals surface area contributed by atoms with Crippen molar-refractivity contribution in [2.75, 3.05) is 4.90 Å². The first-order valence-corrected chi connectivity index (χ1v) is 19.5. The van der Waals surface area contributed by atoms with E-state index in [0.29, 0.717) is 5.92 Å². The van der Waals surface area contributed by atoms with Gasteiger partial charge in [-0.3, -0.25) is 0 Å². The van der Waals surface area contributed by atoms with Gasteiger partial charge in [-0.1, -0.05) is 122 Å². The highest BCUT2D eigenvalue weighted by molar-refractivity contribution is 7.25. The quantitative estimate of drug-likeness (QED) is 0.165. The third kappa shape index (κ3) is 5.00. The van der Waals surface area contributed by atoms with Crippen LogP contribution in [0.4, 0.5) is 17.1 Å². The third-order valence-corrected chi connectivity index (χ3v) is 12.3. The van der Waals surface area contributed by atoms with Gasteiger partial charge < -0.3 is 9.32 Å². The summed E-state index contributed by atoms with van der Waals surface area (Å²) in [6.07, 6.45) is 5.37. The van der Waals surface area contributed by atoms with Gasteiger partial charge in [0, 0.05) is 42.5 Å². The van der Waals surface area contributed by atoms with Crippen molar-refractivity contribution >= 4 is 87.2 Å². The second kappa shape index (κ2) is 12.3. The van der Waals surface area contributed by atoms with Gasteiger partial charge in [-0.05, 0) is 117 Å². The summed E-state index contributed by atoms with van der Waals surface area (Å²) in [4.78, 5) is 2.42. The van der Waals surface area contributed by atoms with E-state index in [1.54, 1.807) is 0 Å². The number of anilines is 3. The Morgan fingerprint density at radius 2 is 1.28 bits per heavy atom. The highest BCUT2D eigenvalue weighted by atomic mass is 32.1. The van der Waals surface area contributed by atoms with Crippen molar-refractivity contribution in [1.29, 1.82) is 0 Å². The first-order chi connectivity index (χ1) is 26.7. The molecule has 2 nitrogen and oxygen atoms in total. The van der Waals surface area contributed by atoms with E-state index in [2.05, 4.69) is 188 Å². The van der Waals surface area contributed by atoms with Crippen molar-refractivity contribution in [2.45, 2.75) is 13.3 Å². The van der Waals surface area contributed by atoms with Crippen LogP contribution in [-0.2, 0) is 6.42 Å². The maximum atomic E-state index is 6.50. The fourth-order valence-corrected chi connectivity index (χ4v) is 9.76. The lowest BCUT2D eigenvalue weighted by Gasteiger charge is -2.27. The molecule has 0 radical (unpaired) electrons. The minimum absolute atomic E-state index is 0.447. The molecule has 0 bridgehead atoms. The Morgan fingerprint density at radius 1 is 0.556 bits per heavy atom. The average Bonchev–Trinajstić information content (AvgIpc) is 3.79. The van der Waals surface area contributed by atoms with Crippen LogP contribution < -0.4 is 4.90 Å². The Bertz CT molecular complexity index is 3110. The third-order valence-electron chi connectivity index (χ3n) is 11.2. The molecule has 2 aromatic heterocycles. The molecule has 1 aliphatic rings. The number of hydrogen-bond acceptors (Lipinski definition) is 3. The lowest BCUT2D eigenvalue weighted by Crippen LogP contribution is -2.11. The molecule has 0 saturated carbocycles. The van der Waals surface area contributed by atoms with Crippen LogP contribution in [0.3, 0.4) is 0 Å². The van der Waals surface area contributed by atoms with Gasteiger partial charge in [-0.2, -0.15) is 0 Å². The van der Waals surface area contributed by atoms with E-state index in [-0.39, 0.29) is 0 Å². The summed E-state index contributed by atoms with van der Waals surface area (Å²) in [5.74, 6) is 1.42. The molecule has 0 saturated heterocycles. The van der Waals surface area contributed by atoms with Gasteiger partial charge in [0.05, 0.1) is 5.69 Å². The summed E-state index contributed by atoms with van der Waals surface area (Å²) in [6.45, 7) is 2.28. The normalized spacial score (nSPS) is 14.1. The molecule has 3 heteroatoms. The van der Waals surface area contributed by atoms with E-state index < -0.39 is 0 Å². The van der Waals surface area contributed by atoms with Crippen molar-refractivity contribution in [3.8, 4) is 22.3 Å². The topological polar surface area (TPSA) is 16.4 Å². The van der Waals surface area contributed by atoms with Crippen LogP contribution in [-0.4, -0.2) is 0 Å². The molecule has 2 heterocycles. The van der Waals surface area contributed by atoms with Crippen molar-refractivity contribution in [3.63, 3.8) is 0 Å². The van der Waals surface area contributed by atoms with Crippen LogP contribution in [0, 0.1) is 5.92 Å². The largest absolute Gasteiger partial charge is 0.456 e. The van der Waals surface area contributed by atoms with E-state index >= 15 is 0 Å². The standard InChI is InChI=1S/C51H35NOS/c1-32-20-27-47-45(28-32)51-46(17-9-18-48(51)53-47)52(38-12-8-11-34(29-38)35-23-26-43-42-16-6-7-19-49(42)54-50(43)31-35)37-24-21-33(22-25-37)44-30-36-10-2-3-13-39(36)40-14-4-5-15-41(40)44/h2-27,29-32H,28H2,1H3. The zero-order valence-corrected chi connectivity index (χ0v) is 30.6. The number of allylic oxidation sites excluding steroid dienone is 1. The van der Waals surface area contributed by atoms with Gasteiger partial charge in [0.15, 0.2) is 0 Å². The molecule has 0 N–H and O–H groups in total. The smallest absolute Gasteiger partial charge is 0.137 e. The van der Waals surface area contributed by atoms with Gasteiger partial charge in [0.2, 0.25) is 0 Å². The Labute approximate surface area is 317 Å². The summed E-state index contributed by atoms with van der Waals surface area (Å²) >= 11 is 1.86. The zero-order valence-electron chi connectivity index (χ0n) is 29.8. The molecule has 0 spiro atoms. The van der Waals surface area contributed by atoms with Crippen LogP contribution in [0.25, 0.3) is 81.0 Å². The summed E-state index contributed by atoms with van der Waals surface area (Å²) in [6, 6.07) is 60.1. The molecule has 8 aromatic carbocycles. The number of furan rings is 1. The van der Waals surface area contributed by atoms with Crippen molar-refractivity contribution in [1.82, 2.24) is 0 Å². The Kier molecular flexibility index (Phi) is 7.11. The molecule has 1 unspecified atom stereocenters. The fourth-order valence-electron chi connectivity index (χ4n) is 8.62. The van der Waals surface area contributed by atoms with Crippen LogP contribution in [0.2, 0.25) is 0 Å². The van der Waals surface area contributed by atoms with Crippen LogP contribution in [0.5, 0.6) is 0 Å². The summed E-state index contributed by atoms with van der Waals surface area (Å²) in [5, 5.41) is 8.91. The molecule has 0 aliphatic heterocycles. The lowest BCUT2D eigenvalue weighted by atomic mass is 9.92. The summed E-state index contributed by atoms with van der Waals surface area (Å²) in [5.41, 5.74) is 10.4. The second-order valence-electron chi connectivity index (χ2n) is 14.6. The predicted octanol–water partition coefficient (Wildman–Crippen LogP) is 15.1. The van der Waals surface area contributed by atoms with Gasteiger partial charge in [-0.15, -0.1) is 11.3 Å². The maximum Gasteiger partial charge on any atom is 0.137 e. The number of fused-ring (bicyclic) bond motifs is 9. The highest BCUT2D eigenvalue weighted by Crippen LogP contribution is 2.46. The monoisotopic (exact) mass is 709 g/mol. The van der Waals surface area contributed by atoms with Gasteiger partial charge in [0.1, 0.15) is 11.3 Å². The van der Waals surface area contributed by atoms with E-state index in [4.69, 9.17) is 4.42 Å². The van der Waals surface area contributed by atoms with E-state index in [0.717, 1.165) is 34.8 Å². The van der Waals surface area contributed by atoms with E-state index in [1.165, 1.54) is 74.9 Å². The van der Waals surface area contributed by atoms with E-state index in [1.807, 2.05) is 11.3 Å². The molecule has 1 atom stereocenters. The Hall–Kier alpha value is -6.42.